The first-order valence-electron chi connectivity index (χ1n) is 3.21. The first kappa shape index (κ1) is 9.10. The summed E-state index contributed by atoms with van der Waals surface area (Å²) in [7, 11) is 0. The van der Waals surface area contributed by atoms with Crippen LogP contribution >= 0.6 is 15.9 Å². The van der Waals surface area contributed by atoms with Crippen molar-refractivity contribution in [1.82, 2.24) is 0 Å². The summed E-state index contributed by atoms with van der Waals surface area (Å²) >= 11 is 3.12. The van der Waals surface area contributed by atoms with Gasteiger partial charge in [-0.1, -0.05) is 22.0 Å². The molecule has 0 amide bonds. The molecule has 0 fully saturated rings. The third kappa shape index (κ3) is 2.26. The lowest BCUT2D eigenvalue weighted by Gasteiger charge is -1.97. The highest BCUT2D eigenvalue weighted by Gasteiger charge is 2.00. The number of rotatable bonds is 2. The number of nitrogens with zero attached hydrogens (tertiary/aromatic N) is 1. The van der Waals surface area contributed by atoms with Gasteiger partial charge in [0.1, 0.15) is 5.82 Å². The Morgan fingerprint density at radius 1 is 1.58 bits per heavy atom. The maximum Gasteiger partial charge on any atom is 0.235 e. The zero-order chi connectivity index (χ0) is 8.97. The Bertz CT molecular complexity index is 334. The summed E-state index contributed by atoms with van der Waals surface area (Å²) in [5.74, 6) is -0.372. The van der Waals surface area contributed by atoms with Crippen LogP contribution in [0.3, 0.4) is 0 Å². The molecule has 0 aromatic heterocycles. The van der Waals surface area contributed by atoms with Crippen molar-refractivity contribution in [2.45, 2.75) is 6.54 Å². The zero-order valence-corrected chi connectivity index (χ0v) is 7.64. The van der Waals surface area contributed by atoms with E-state index in [2.05, 4.69) is 20.9 Å². The van der Waals surface area contributed by atoms with Crippen LogP contribution < -0.4 is 0 Å². The Kier molecular flexibility index (Phi) is 3.14. The second-order valence-corrected chi connectivity index (χ2v) is 3.06. The van der Waals surface area contributed by atoms with Gasteiger partial charge in [0.15, 0.2) is 0 Å². The molecule has 12 heavy (non-hydrogen) atoms. The molecule has 0 heterocycles. The maximum atomic E-state index is 13.0. The Labute approximate surface area is 77.3 Å². The molecule has 1 aromatic rings. The van der Waals surface area contributed by atoms with E-state index in [0.29, 0.717) is 10.0 Å². The van der Waals surface area contributed by atoms with Crippen LogP contribution in [0.4, 0.5) is 4.39 Å². The average molecular weight is 230 g/mol. The number of aliphatic imine (C=N–C) groups is 1. The highest BCUT2D eigenvalue weighted by molar-refractivity contribution is 9.10. The number of hydrogen-bond donors (Lipinski definition) is 0. The molecule has 1 rings (SSSR count). The number of isocyanates is 1. The van der Waals surface area contributed by atoms with Crippen molar-refractivity contribution in [3.8, 4) is 0 Å². The average Bonchev–Trinajstić information content (AvgIpc) is 2.03. The summed E-state index contributed by atoms with van der Waals surface area (Å²) in [5, 5.41) is 0. The molecule has 0 unspecified atom stereocenters. The number of carbonyl (C=O) groups excluding carboxylic acids is 1. The lowest BCUT2D eigenvalue weighted by atomic mass is 10.2. The zero-order valence-electron chi connectivity index (χ0n) is 6.05. The highest BCUT2D eigenvalue weighted by Crippen LogP contribution is 2.15. The molecule has 2 nitrogen and oxygen atoms in total. The lowest BCUT2D eigenvalue weighted by Crippen LogP contribution is -1.87. The molecule has 1 aromatic carbocycles. The molecule has 0 atom stereocenters. The summed E-state index contributed by atoms with van der Waals surface area (Å²) in [4.78, 5) is 13.0. The molecule has 0 spiro atoms. The highest BCUT2D eigenvalue weighted by atomic mass is 79.9. The Hall–Kier alpha value is -0.990. The Morgan fingerprint density at radius 2 is 2.33 bits per heavy atom. The van der Waals surface area contributed by atoms with Gasteiger partial charge in [-0.3, -0.25) is 0 Å². The van der Waals surface area contributed by atoms with Gasteiger partial charge in [-0.15, -0.1) is 0 Å². The van der Waals surface area contributed by atoms with E-state index < -0.39 is 0 Å². The third-order valence-electron chi connectivity index (χ3n) is 1.33. The maximum absolute atomic E-state index is 13.0. The predicted molar refractivity (Wildman–Crippen MR) is 45.9 cm³/mol. The second kappa shape index (κ2) is 4.14. The number of benzene rings is 1. The molecule has 0 aliphatic carbocycles. The van der Waals surface area contributed by atoms with Gasteiger partial charge in [0.2, 0.25) is 6.08 Å². The predicted octanol–water partition coefficient (Wildman–Crippen LogP) is 2.42. The van der Waals surface area contributed by atoms with E-state index in [9.17, 15) is 9.18 Å². The number of hydrogen-bond acceptors (Lipinski definition) is 2. The fourth-order valence-electron chi connectivity index (χ4n) is 0.767. The van der Waals surface area contributed by atoms with Crippen LogP contribution in [0.15, 0.2) is 27.7 Å². The van der Waals surface area contributed by atoms with Gasteiger partial charge in [0, 0.05) is 10.0 Å². The van der Waals surface area contributed by atoms with Crippen molar-refractivity contribution in [2.24, 2.45) is 4.99 Å². The molecule has 0 radical (unpaired) electrons. The monoisotopic (exact) mass is 229 g/mol. The van der Waals surface area contributed by atoms with E-state index in [4.69, 9.17) is 0 Å². The molecule has 62 valence electrons. The van der Waals surface area contributed by atoms with Gasteiger partial charge in [0.25, 0.3) is 0 Å². The largest absolute Gasteiger partial charge is 0.235 e. The third-order valence-corrected chi connectivity index (χ3v) is 1.82. The summed E-state index contributed by atoms with van der Waals surface area (Å²) in [6, 6.07) is 4.59. The van der Waals surface area contributed by atoms with Crippen molar-refractivity contribution in [2.75, 3.05) is 0 Å². The van der Waals surface area contributed by atoms with Gasteiger partial charge in [0.05, 0.1) is 6.54 Å². The summed E-state index contributed by atoms with van der Waals surface area (Å²) in [5.41, 5.74) is 0.390. The molecular weight excluding hydrogens is 225 g/mol. The molecule has 0 N–H and O–H groups in total. The van der Waals surface area contributed by atoms with Crippen LogP contribution in [0.25, 0.3) is 0 Å². The van der Waals surface area contributed by atoms with Gasteiger partial charge in [-0.05, 0) is 12.1 Å². The molecule has 4 heteroatoms. The van der Waals surface area contributed by atoms with Crippen LogP contribution in [-0.2, 0) is 11.3 Å². The Morgan fingerprint density at radius 3 is 2.92 bits per heavy atom. The van der Waals surface area contributed by atoms with Gasteiger partial charge in [-0.25, -0.2) is 14.2 Å². The van der Waals surface area contributed by atoms with Gasteiger partial charge < -0.3 is 0 Å². The normalized spacial score (nSPS) is 9.17. The van der Waals surface area contributed by atoms with E-state index >= 15 is 0 Å². The smallest absolute Gasteiger partial charge is 0.211 e. The first-order valence-corrected chi connectivity index (χ1v) is 4.01. The molecular formula is C8H5BrFNO. The van der Waals surface area contributed by atoms with E-state index in [1.54, 1.807) is 12.1 Å². The minimum Gasteiger partial charge on any atom is -0.211 e. The van der Waals surface area contributed by atoms with E-state index in [1.807, 2.05) is 0 Å². The van der Waals surface area contributed by atoms with Crippen LogP contribution in [0.1, 0.15) is 5.56 Å². The molecule has 0 aliphatic heterocycles. The molecule has 0 aliphatic rings. The van der Waals surface area contributed by atoms with Crippen LogP contribution in [-0.4, -0.2) is 6.08 Å². The molecule has 0 saturated heterocycles. The molecule has 0 bridgehead atoms. The topological polar surface area (TPSA) is 29.4 Å². The lowest BCUT2D eigenvalue weighted by molar-refractivity contribution is 0.561. The SMILES string of the molecule is O=C=NCc1ccc(Br)cc1F. The van der Waals surface area contributed by atoms with E-state index in [0.717, 1.165) is 0 Å². The van der Waals surface area contributed by atoms with Crippen molar-refractivity contribution in [3.63, 3.8) is 0 Å². The fraction of sp³-hybridized carbons (Fsp3) is 0.125. The quantitative estimate of drug-likeness (QED) is 0.566. The second-order valence-electron chi connectivity index (χ2n) is 2.14. The summed E-state index contributed by atoms with van der Waals surface area (Å²) in [6.07, 6.45) is 1.35. The van der Waals surface area contributed by atoms with Crippen molar-refractivity contribution in [1.29, 1.82) is 0 Å². The van der Waals surface area contributed by atoms with Gasteiger partial charge in [-0.2, -0.15) is 0 Å². The number of halogens is 2. The van der Waals surface area contributed by atoms with E-state index in [-0.39, 0.29) is 12.4 Å². The summed E-state index contributed by atoms with van der Waals surface area (Å²) < 4.78 is 13.6. The first-order chi connectivity index (χ1) is 5.74. The van der Waals surface area contributed by atoms with Crippen LogP contribution in [0, 0.1) is 5.82 Å². The Balaban J connectivity index is 2.93. The van der Waals surface area contributed by atoms with Crippen LogP contribution in [0.2, 0.25) is 0 Å². The van der Waals surface area contributed by atoms with Gasteiger partial charge >= 0.3 is 0 Å². The minimum absolute atomic E-state index is 0.0443. The van der Waals surface area contributed by atoms with Crippen LogP contribution in [0.5, 0.6) is 0 Å². The van der Waals surface area contributed by atoms with Crippen molar-refractivity contribution >= 4 is 22.0 Å². The van der Waals surface area contributed by atoms with Crippen molar-refractivity contribution in [3.05, 3.63) is 34.1 Å². The fourth-order valence-corrected chi connectivity index (χ4v) is 1.10. The standard InChI is InChI=1S/C8H5BrFNO/c9-7-2-1-6(4-11-5-12)8(10)3-7/h1-3H,4H2. The van der Waals surface area contributed by atoms with Crippen molar-refractivity contribution < 1.29 is 9.18 Å². The minimum atomic E-state index is -0.372. The molecule has 0 saturated carbocycles. The summed E-state index contributed by atoms with van der Waals surface area (Å²) in [6.45, 7) is 0.0443. The van der Waals surface area contributed by atoms with E-state index in [1.165, 1.54) is 12.1 Å².